The second kappa shape index (κ2) is 11.7. The average Bonchev–Trinajstić information content (AvgIpc) is 3.23. The molecule has 11 heteroatoms. The number of hydrogen-bond donors (Lipinski definition) is 2. The monoisotopic (exact) mass is 585 g/mol. The van der Waals surface area contributed by atoms with Crippen LogP contribution in [0.1, 0.15) is 25.8 Å². The van der Waals surface area contributed by atoms with Gasteiger partial charge in [0.05, 0.1) is 5.71 Å². The molecule has 2 heterocycles. The van der Waals surface area contributed by atoms with Crippen molar-refractivity contribution in [1.82, 2.24) is 15.2 Å². The lowest BCUT2D eigenvalue weighted by Crippen LogP contribution is -2.61. The van der Waals surface area contributed by atoms with Crippen molar-refractivity contribution in [3.8, 4) is 5.75 Å². The largest absolute Gasteiger partial charge is 0.490 e. The molecule has 1 fully saturated rings. The summed E-state index contributed by atoms with van der Waals surface area (Å²) in [7, 11) is 1.62. The number of piperidine rings is 1. The number of nitrogens with two attached hydrogens (primary N) is 1. The van der Waals surface area contributed by atoms with E-state index in [1.807, 2.05) is 66.7 Å². The molecule has 0 spiro atoms. The Morgan fingerprint density at radius 1 is 1.05 bits per heavy atom. The molecular weight excluding hydrogens is 550 g/mol. The Kier molecular flexibility index (Phi) is 8.08. The van der Waals surface area contributed by atoms with Crippen molar-refractivity contribution in [3.05, 3.63) is 78.4 Å². The molecule has 5 rings (SSSR count). The summed E-state index contributed by atoms with van der Waals surface area (Å²) in [4.78, 5) is 54.0. The number of amides is 4. The van der Waals surface area contributed by atoms with E-state index in [0.29, 0.717) is 25.1 Å². The molecule has 2 atom stereocenters. The van der Waals surface area contributed by atoms with Gasteiger partial charge in [-0.15, -0.1) is 0 Å². The second-order valence-corrected chi connectivity index (χ2v) is 11.4. The van der Waals surface area contributed by atoms with Crippen LogP contribution in [0.15, 0.2) is 77.9 Å². The molecule has 0 unspecified atom stereocenters. The van der Waals surface area contributed by atoms with E-state index in [9.17, 15) is 19.2 Å². The number of carbonyl (C=O) groups excluding carboxylic acids is 4. The van der Waals surface area contributed by atoms with Gasteiger partial charge in [0.1, 0.15) is 23.8 Å². The highest BCUT2D eigenvalue weighted by atomic mass is 16.6. The fourth-order valence-electron chi connectivity index (χ4n) is 5.73. The molecular formula is C32H35N5O6. The number of likely N-dealkylation sites (tertiary alicyclic amines) is 1. The minimum absolute atomic E-state index is 0.0878. The minimum Gasteiger partial charge on any atom is -0.490 e. The van der Waals surface area contributed by atoms with Crippen molar-refractivity contribution >= 4 is 40.3 Å². The van der Waals surface area contributed by atoms with Crippen LogP contribution in [0.25, 0.3) is 10.8 Å². The van der Waals surface area contributed by atoms with Crippen molar-refractivity contribution in [2.45, 2.75) is 38.3 Å². The van der Waals surface area contributed by atoms with Crippen LogP contribution in [0.4, 0.5) is 4.79 Å². The lowest BCUT2D eigenvalue weighted by molar-refractivity contribution is -0.145. The topological polar surface area (TPSA) is 144 Å². The lowest BCUT2D eigenvalue weighted by Gasteiger charge is -2.40. The summed E-state index contributed by atoms with van der Waals surface area (Å²) in [6.45, 7) is 2.95. The molecule has 0 bridgehead atoms. The van der Waals surface area contributed by atoms with E-state index < -0.39 is 35.0 Å². The molecule has 4 amide bonds. The maximum absolute atomic E-state index is 14.2. The smallest absolute Gasteiger partial charge is 0.405 e. The normalized spacial score (nSPS) is 19.0. The molecule has 0 radical (unpaired) electrons. The summed E-state index contributed by atoms with van der Waals surface area (Å²) < 4.78 is 11.1. The van der Waals surface area contributed by atoms with E-state index in [4.69, 9.17) is 15.2 Å². The van der Waals surface area contributed by atoms with Crippen LogP contribution < -0.4 is 15.8 Å². The average molecular weight is 586 g/mol. The molecule has 0 saturated carbocycles. The van der Waals surface area contributed by atoms with E-state index in [0.717, 1.165) is 22.0 Å². The molecule has 43 heavy (non-hydrogen) atoms. The van der Waals surface area contributed by atoms with Crippen molar-refractivity contribution in [1.29, 1.82) is 0 Å². The Bertz CT molecular complexity index is 1580. The zero-order valence-corrected chi connectivity index (χ0v) is 24.4. The molecule has 3 N–H and O–H groups in total. The van der Waals surface area contributed by atoms with Gasteiger partial charge < -0.3 is 25.4 Å². The first-order valence-electron chi connectivity index (χ1n) is 14.1. The van der Waals surface area contributed by atoms with Crippen molar-refractivity contribution < 1.29 is 28.7 Å². The Morgan fingerprint density at radius 2 is 1.74 bits per heavy atom. The summed E-state index contributed by atoms with van der Waals surface area (Å²) >= 11 is 0. The summed E-state index contributed by atoms with van der Waals surface area (Å²) in [5.74, 6) is -0.801. The van der Waals surface area contributed by atoms with Crippen LogP contribution in [0.2, 0.25) is 0 Å². The molecule has 3 aromatic rings. The minimum atomic E-state index is -1.65. The number of nitrogens with zero attached hydrogens (tertiary/aromatic N) is 3. The predicted molar refractivity (Wildman–Crippen MR) is 160 cm³/mol. The third kappa shape index (κ3) is 6.01. The Morgan fingerprint density at radius 3 is 2.49 bits per heavy atom. The van der Waals surface area contributed by atoms with Crippen LogP contribution in [0.3, 0.4) is 0 Å². The Labute approximate surface area is 249 Å². The maximum atomic E-state index is 14.2. The fraction of sp³-hybridized carbons (Fsp3) is 0.344. The van der Waals surface area contributed by atoms with Gasteiger partial charge in [0.25, 0.3) is 11.8 Å². The summed E-state index contributed by atoms with van der Waals surface area (Å²) in [5, 5.41) is 10.4. The number of fused-ring (bicyclic) bond motifs is 2. The van der Waals surface area contributed by atoms with Gasteiger partial charge in [-0.1, -0.05) is 66.7 Å². The number of hydrazone groups is 1. The van der Waals surface area contributed by atoms with Crippen LogP contribution >= 0.6 is 0 Å². The van der Waals surface area contributed by atoms with Crippen molar-refractivity contribution in [2.75, 3.05) is 26.7 Å². The van der Waals surface area contributed by atoms with E-state index in [2.05, 4.69) is 10.4 Å². The van der Waals surface area contributed by atoms with Gasteiger partial charge in [-0.3, -0.25) is 14.4 Å². The lowest BCUT2D eigenvalue weighted by atomic mass is 9.73. The van der Waals surface area contributed by atoms with Crippen LogP contribution in [0, 0.1) is 5.41 Å². The zero-order chi connectivity index (χ0) is 30.8. The molecule has 3 aromatic carbocycles. The molecule has 11 nitrogen and oxygen atoms in total. The molecule has 224 valence electrons. The zero-order valence-electron chi connectivity index (χ0n) is 24.4. The van der Waals surface area contributed by atoms with Crippen LogP contribution in [-0.4, -0.2) is 77.8 Å². The highest BCUT2D eigenvalue weighted by molar-refractivity contribution is 6.13. The standard InChI is InChI=1S/C32H35N5O6/c1-31(2,43-30(33)41)28(39)34-24(19-42-25-15-9-13-22-12-7-8-14-23(22)25)27(38)37-17-16-26-32(20-37,29(40)36(3)35-26)18-21-10-5-4-6-11-21/h4-15,24H,16-20H2,1-3H3,(H2,33,41)(H,34,39)/t24-,32-/m1/s1. The van der Waals surface area contributed by atoms with Crippen LogP contribution in [0.5, 0.6) is 5.75 Å². The number of benzene rings is 3. The molecule has 0 aliphatic carbocycles. The van der Waals surface area contributed by atoms with Crippen LogP contribution in [-0.2, 0) is 25.5 Å². The van der Waals surface area contributed by atoms with E-state index in [-0.39, 0.29) is 19.1 Å². The van der Waals surface area contributed by atoms with Gasteiger partial charge in [-0.25, -0.2) is 9.80 Å². The highest BCUT2D eigenvalue weighted by Gasteiger charge is 2.54. The van der Waals surface area contributed by atoms with E-state index >= 15 is 0 Å². The number of ether oxygens (including phenoxy) is 2. The first-order valence-corrected chi connectivity index (χ1v) is 14.1. The van der Waals surface area contributed by atoms with Crippen molar-refractivity contribution in [3.63, 3.8) is 0 Å². The summed E-state index contributed by atoms with van der Waals surface area (Å²) in [6.07, 6.45) is -0.345. The molecule has 0 aromatic heterocycles. The van der Waals surface area contributed by atoms with Gasteiger partial charge in [0.15, 0.2) is 5.60 Å². The van der Waals surface area contributed by atoms with Gasteiger partial charge >= 0.3 is 6.09 Å². The van der Waals surface area contributed by atoms with Gasteiger partial charge in [-0.2, -0.15) is 5.10 Å². The third-order valence-corrected chi connectivity index (χ3v) is 7.93. The van der Waals surface area contributed by atoms with Gasteiger partial charge in [0.2, 0.25) is 5.91 Å². The number of carbonyl (C=O) groups is 4. The molecule has 2 aliphatic heterocycles. The maximum Gasteiger partial charge on any atom is 0.405 e. The summed E-state index contributed by atoms with van der Waals surface area (Å²) in [5.41, 5.74) is 4.18. The number of hydrogen-bond acceptors (Lipinski definition) is 7. The summed E-state index contributed by atoms with van der Waals surface area (Å²) in [6, 6.07) is 21.7. The molecule has 2 aliphatic rings. The fourth-order valence-corrected chi connectivity index (χ4v) is 5.73. The van der Waals surface area contributed by atoms with Crippen molar-refractivity contribution in [2.24, 2.45) is 16.3 Å². The predicted octanol–water partition coefficient (Wildman–Crippen LogP) is 2.87. The first-order chi connectivity index (χ1) is 20.5. The van der Waals surface area contributed by atoms with Gasteiger partial charge in [-0.05, 0) is 37.3 Å². The van der Waals surface area contributed by atoms with E-state index in [1.54, 1.807) is 18.0 Å². The Balaban J connectivity index is 1.43. The number of nitrogens with one attached hydrogen (secondary N) is 1. The SMILES string of the molecule is CN1N=C2CCN(C(=O)[C@@H](COc3cccc4ccccc34)NC(=O)C(C)(C)OC(N)=O)C[C@@]2(Cc2ccccc2)C1=O. The second-order valence-electron chi connectivity index (χ2n) is 11.4. The highest BCUT2D eigenvalue weighted by Crippen LogP contribution is 2.38. The third-order valence-electron chi connectivity index (χ3n) is 7.93. The quantitative estimate of drug-likeness (QED) is 0.395. The molecule has 1 saturated heterocycles. The first kappa shape index (κ1) is 29.6. The number of primary amides is 1. The van der Waals surface area contributed by atoms with Gasteiger partial charge in [0, 0.05) is 31.9 Å². The van der Waals surface area contributed by atoms with E-state index in [1.165, 1.54) is 18.9 Å². The Hall–Kier alpha value is -4.93. The number of rotatable bonds is 9.